The quantitative estimate of drug-likeness (QED) is 0.106. The first-order valence-electron chi connectivity index (χ1n) is 24.3. The lowest BCUT2D eigenvalue weighted by Gasteiger charge is -2.16. The number of nitrogens with zero attached hydrogens (tertiary/aromatic N) is 4. The Morgan fingerprint density at radius 2 is 0.750 bits per heavy atom. The molecule has 72 heavy (non-hydrogen) atoms. The van der Waals surface area contributed by atoms with E-state index in [1.807, 2.05) is 16.8 Å². The number of aliphatic imine (C=N–C) groups is 1. The summed E-state index contributed by atoms with van der Waals surface area (Å²) in [5, 5.41) is 20.3. The topological polar surface area (TPSA) is 79.0 Å². The van der Waals surface area contributed by atoms with Crippen molar-refractivity contribution < 1.29 is 0 Å². The van der Waals surface area contributed by atoms with Crippen LogP contribution < -0.4 is 5.32 Å². The summed E-state index contributed by atoms with van der Waals surface area (Å²) in [7, 11) is 0. The molecule has 0 aliphatic carbocycles. The van der Waals surface area contributed by atoms with Gasteiger partial charge < -0.3 is 5.32 Å². The molecule has 0 saturated heterocycles. The molecule has 6 heteroatoms. The maximum atomic E-state index is 9.35. The highest BCUT2D eigenvalue weighted by Crippen LogP contribution is 2.35. The Kier molecular flexibility index (Phi) is 12.3. The third-order valence-corrected chi connectivity index (χ3v) is 13.4. The molecule has 1 aromatic heterocycles. The summed E-state index contributed by atoms with van der Waals surface area (Å²) < 4.78 is 1.98. The van der Waals surface area contributed by atoms with Crippen molar-refractivity contribution >= 4 is 28.1 Å². The highest BCUT2D eigenvalue weighted by Gasteiger charge is 2.19. The molecule has 0 spiro atoms. The molecule has 6 nitrogen and oxygen atoms in total. The van der Waals surface area contributed by atoms with Crippen LogP contribution in [0.1, 0.15) is 33.4 Å². The van der Waals surface area contributed by atoms with Gasteiger partial charge in [-0.15, -0.1) is 5.10 Å². The number of nitrogens with one attached hydrogen (secondary N) is 2. The number of amidine groups is 2. The van der Waals surface area contributed by atoms with Gasteiger partial charge in [-0.05, 0) is 84.3 Å². The monoisotopic (exact) mass is 928 g/mol. The number of benzene rings is 10. The van der Waals surface area contributed by atoms with E-state index in [1.54, 1.807) is 0 Å². The van der Waals surface area contributed by atoms with Gasteiger partial charge in [0.1, 0.15) is 5.84 Å². The van der Waals surface area contributed by atoms with E-state index in [0.29, 0.717) is 17.2 Å². The number of anilines is 1. The molecular weight excluding hydrogens is 877 g/mol. The van der Waals surface area contributed by atoms with Gasteiger partial charge in [-0.2, -0.15) is 0 Å². The van der Waals surface area contributed by atoms with Gasteiger partial charge in [0.05, 0.1) is 5.69 Å². The molecule has 0 aliphatic rings. The third-order valence-electron chi connectivity index (χ3n) is 13.4. The zero-order chi connectivity index (χ0) is 49.1. The van der Waals surface area contributed by atoms with Crippen LogP contribution in [0.2, 0.25) is 0 Å². The molecule has 346 valence electrons. The van der Waals surface area contributed by atoms with Gasteiger partial charge in [-0.1, -0.05) is 241 Å². The molecule has 2 N–H and O–H groups in total. The molecule has 0 unspecified atom stereocenters. The first-order valence-corrected chi connectivity index (χ1v) is 24.3. The molecule has 0 aliphatic heterocycles. The SMILES string of the molecule is Cc1ccc(-c2ccc(C(=N)N=C(Nc3cccc4c(-n5nc(-c6ccc(-c7ccc(C)cc7)cc6)nc5-c5ccc(-c6ccc(C)cc6)cc5)cccc34)c3ccc(-c4ccc(C)cc4)cc3)cc2)cc1. The van der Waals surface area contributed by atoms with Crippen LogP contribution in [0.15, 0.2) is 236 Å². The van der Waals surface area contributed by atoms with Crippen LogP contribution in [0, 0.1) is 33.1 Å². The maximum absolute atomic E-state index is 9.35. The van der Waals surface area contributed by atoms with E-state index in [2.05, 4.69) is 251 Å². The smallest absolute Gasteiger partial charge is 0.182 e. The molecule has 0 saturated carbocycles. The van der Waals surface area contributed by atoms with Crippen molar-refractivity contribution in [3.63, 3.8) is 0 Å². The molecular formula is C66H52N6. The number of aromatic nitrogens is 3. The number of fused-ring (bicyclic) bond motifs is 1. The molecule has 0 amide bonds. The number of aryl methyl sites for hydroxylation is 4. The second-order valence-electron chi connectivity index (χ2n) is 18.6. The van der Waals surface area contributed by atoms with Gasteiger partial charge >= 0.3 is 0 Å². The fourth-order valence-corrected chi connectivity index (χ4v) is 9.09. The summed E-state index contributed by atoms with van der Waals surface area (Å²) in [5.74, 6) is 2.06. The summed E-state index contributed by atoms with van der Waals surface area (Å²) in [6, 6.07) is 80.3. The zero-order valence-corrected chi connectivity index (χ0v) is 40.7. The van der Waals surface area contributed by atoms with Crippen molar-refractivity contribution in [2.75, 3.05) is 5.32 Å². The van der Waals surface area contributed by atoms with Crippen LogP contribution in [0.5, 0.6) is 0 Å². The van der Waals surface area contributed by atoms with Crippen LogP contribution in [0.25, 0.3) is 83.7 Å². The predicted molar refractivity (Wildman–Crippen MR) is 300 cm³/mol. The lowest BCUT2D eigenvalue weighted by molar-refractivity contribution is 0.898. The minimum absolute atomic E-state index is 0.150. The van der Waals surface area contributed by atoms with Crippen LogP contribution in [-0.2, 0) is 0 Å². The van der Waals surface area contributed by atoms with Gasteiger partial charge in [-0.25, -0.2) is 14.7 Å². The fraction of sp³-hybridized carbons (Fsp3) is 0.0606. The first-order chi connectivity index (χ1) is 35.2. The summed E-state index contributed by atoms with van der Waals surface area (Å²) >= 11 is 0. The molecule has 11 rings (SSSR count). The summed E-state index contributed by atoms with van der Waals surface area (Å²) in [6.07, 6.45) is 0. The minimum Gasteiger partial charge on any atom is -0.339 e. The number of hydrogen-bond acceptors (Lipinski definition) is 3. The third kappa shape index (κ3) is 9.54. The molecule has 0 bridgehead atoms. The van der Waals surface area contributed by atoms with Gasteiger partial charge in [0.25, 0.3) is 0 Å². The highest BCUT2D eigenvalue weighted by molar-refractivity contribution is 6.18. The molecule has 0 radical (unpaired) electrons. The summed E-state index contributed by atoms with van der Waals surface area (Å²) in [4.78, 5) is 10.3. The van der Waals surface area contributed by atoms with Crippen molar-refractivity contribution in [2.45, 2.75) is 27.7 Å². The van der Waals surface area contributed by atoms with E-state index in [4.69, 9.17) is 15.1 Å². The van der Waals surface area contributed by atoms with Gasteiger partial charge in [0, 0.05) is 38.7 Å². The first kappa shape index (κ1) is 45.2. The summed E-state index contributed by atoms with van der Waals surface area (Å²) in [6.45, 7) is 8.41. The van der Waals surface area contributed by atoms with Crippen molar-refractivity contribution in [1.82, 2.24) is 14.8 Å². The highest BCUT2D eigenvalue weighted by atomic mass is 15.4. The van der Waals surface area contributed by atoms with Crippen LogP contribution in [0.3, 0.4) is 0 Å². The van der Waals surface area contributed by atoms with Crippen molar-refractivity contribution in [2.24, 2.45) is 4.99 Å². The summed E-state index contributed by atoms with van der Waals surface area (Å²) in [5.41, 5.74) is 19.1. The Labute approximate surface area is 421 Å². The molecule has 0 atom stereocenters. The van der Waals surface area contributed by atoms with E-state index in [-0.39, 0.29) is 5.84 Å². The Morgan fingerprint density at radius 3 is 1.21 bits per heavy atom. The molecule has 1 heterocycles. The van der Waals surface area contributed by atoms with Crippen molar-refractivity contribution in [3.05, 3.63) is 264 Å². The Morgan fingerprint density at radius 1 is 0.389 bits per heavy atom. The van der Waals surface area contributed by atoms with Crippen molar-refractivity contribution in [1.29, 1.82) is 5.41 Å². The number of rotatable bonds is 10. The van der Waals surface area contributed by atoms with Crippen LogP contribution in [-0.4, -0.2) is 26.4 Å². The van der Waals surface area contributed by atoms with E-state index in [1.165, 1.54) is 22.3 Å². The Balaban J connectivity index is 0.984. The van der Waals surface area contributed by atoms with E-state index < -0.39 is 0 Å². The lowest BCUT2D eigenvalue weighted by Crippen LogP contribution is -2.16. The second-order valence-corrected chi connectivity index (χ2v) is 18.6. The lowest BCUT2D eigenvalue weighted by atomic mass is 10.0. The number of hydrogen-bond donors (Lipinski definition) is 2. The van der Waals surface area contributed by atoms with Gasteiger partial charge in [0.15, 0.2) is 17.5 Å². The van der Waals surface area contributed by atoms with Gasteiger partial charge in [-0.3, -0.25) is 5.41 Å². The van der Waals surface area contributed by atoms with Crippen LogP contribution >= 0.6 is 0 Å². The average molecular weight is 929 g/mol. The maximum Gasteiger partial charge on any atom is 0.182 e. The van der Waals surface area contributed by atoms with Crippen molar-refractivity contribution in [3.8, 4) is 73.0 Å². The normalized spacial score (nSPS) is 11.5. The van der Waals surface area contributed by atoms with E-state index >= 15 is 0 Å². The largest absolute Gasteiger partial charge is 0.339 e. The Bertz CT molecular complexity index is 3740. The standard InChI is InChI=1S/C66H52N6/c1-43-11-19-47(20-12-43)51-27-35-55(36-28-51)63(67)69-64(56-37-29-52(30-38-56)48-21-13-44(2)14-22-48)68-61-9-5-8-60-59(61)7-6-10-62(60)72-66(58-41-33-54(34-42-58)50-25-17-46(4)18-26-50)70-65(71-72)57-39-31-53(32-40-57)49-23-15-45(3)16-24-49/h5-42H,1-4H3,(H2,67,68,69). The Hall–Kier alpha value is -9.26. The molecule has 0 fully saturated rings. The van der Waals surface area contributed by atoms with E-state index in [0.717, 1.165) is 89.2 Å². The molecule has 10 aromatic carbocycles. The fourth-order valence-electron chi connectivity index (χ4n) is 9.09. The van der Waals surface area contributed by atoms with Crippen LogP contribution in [0.4, 0.5) is 5.69 Å². The molecule has 11 aromatic rings. The predicted octanol–water partition coefficient (Wildman–Crippen LogP) is 16.5. The minimum atomic E-state index is 0.150. The second kappa shape index (κ2) is 19.6. The van der Waals surface area contributed by atoms with Gasteiger partial charge in [0.2, 0.25) is 0 Å². The van der Waals surface area contributed by atoms with E-state index in [9.17, 15) is 5.41 Å². The zero-order valence-electron chi connectivity index (χ0n) is 40.7. The average Bonchev–Trinajstić information content (AvgIpc) is 3.87.